The van der Waals surface area contributed by atoms with Crippen LogP contribution < -0.4 is 0 Å². The second-order valence-electron chi connectivity index (χ2n) is 9.70. The zero-order chi connectivity index (χ0) is 21.2. The molecule has 0 aromatic heterocycles. The van der Waals surface area contributed by atoms with Crippen LogP contribution in [-0.4, -0.2) is 0 Å². The molecule has 28 heavy (non-hydrogen) atoms. The maximum absolute atomic E-state index is 2.47. The summed E-state index contributed by atoms with van der Waals surface area (Å²) in [7, 11) is 0. The van der Waals surface area contributed by atoms with Crippen molar-refractivity contribution in [2.45, 2.75) is 108 Å². The van der Waals surface area contributed by atoms with Crippen LogP contribution in [-0.2, 0) is 0 Å². The van der Waals surface area contributed by atoms with Gasteiger partial charge in [0.15, 0.2) is 0 Å². The highest BCUT2D eigenvalue weighted by Crippen LogP contribution is 2.55. The lowest BCUT2D eigenvalue weighted by atomic mass is 9.80. The summed E-state index contributed by atoms with van der Waals surface area (Å²) in [6.45, 7) is 23.3. The average molecular weight is 381 g/mol. The molecule has 2 unspecified atom stereocenters. The van der Waals surface area contributed by atoms with E-state index < -0.39 is 0 Å². The van der Waals surface area contributed by atoms with E-state index in [-0.39, 0.29) is 0 Å². The highest BCUT2D eigenvalue weighted by atomic mass is 14.5. The van der Waals surface area contributed by atoms with Crippen LogP contribution in [0.15, 0.2) is 0 Å². The van der Waals surface area contributed by atoms with E-state index in [4.69, 9.17) is 0 Å². The van der Waals surface area contributed by atoms with Crippen LogP contribution in [0.1, 0.15) is 108 Å². The highest BCUT2D eigenvalue weighted by Gasteiger charge is 2.43. The summed E-state index contributed by atoms with van der Waals surface area (Å²) >= 11 is 0. The van der Waals surface area contributed by atoms with E-state index in [1.807, 2.05) is 0 Å². The smallest absolute Gasteiger partial charge is 0.00995 e. The van der Waals surface area contributed by atoms with E-state index in [1.165, 1.54) is 62.2 Å². The molecule has 0 saturated heterocycles. The van der Waals surface area contributed by atoms with E-state index >= 15 is 0 Å². The van der Waals surface area contributed by atoms with E-state index in [2.05, 4.69) is 69.2 Å². The van der Waals surface area contributed by atoms with Gasteiger partial charge in [-0.15, -0.1) is 0 Å². The zero-order valence-corrected chi connectivity index (χ0v) is 20.4. The minimum absolute atomic E-state index is 0.822. The Morgan fingerprint density at radius 1 is 0.429 bits per heavy atom. The standard InChI is InChI=1S/C28H44/c1-17(13-11-15-27-23(7)19(3)20(4)24(27)8)18(2)14-12-16-28-25(9)21(5)22(6)26(28)10/h17-18H,11-16H2,1-10H3. The van der Waals surface area contributed by atoms with Crippen molar-refractivity contribution < 1.29 is 0 Å². The monoisotopic (exact) mass is 380 g/mol. The zero-order valence-electron chi connectivity index (χ0n) is 20.4. The van der Waals surface area contributed by atoms with Gasteiger partial charge in [0, 0.05) is 0 Å². The fraction of sp³-hybridized carbons (Fsp3) is 0.643. The Labute approximate surface area is 179 Å². The molecule has 10 radical (unpaired) electrons. The molecule has 0 spiro atoms. The van der Waals surface area contributed by atoms with Crippen molar-refractivity contribution in [1.82, 2.24) is 0 Å². The summed E-state index contributed by atoms with van der Waals surface area (Å²) in [5.41, 5.74) is 0. The average Bonchev–Trinajstić information content (AvgIpc) is 2.97. The summed E-state index contributed by atoms with van der Waals surface area (Å²) in [6, 6.07) is 0. The first-order valence-corrected chi connectivity index (χ1v) is 11.5. The summed E-state index contributed by atoms with van der Waals surface area (Å²) in [5.74, 6) is 17.1. The molecular weight excluding hydrogens is 336 g/mol. The van der Waals surface area contributed by atoms with E-state index in [0.717, 1.165) is 11.8 Å². The Balaban J connectivity index is 1.67. The van der Waals surface area contributed by atoms with Gasteiger partial charge in [-0.1, -0.05) is 94.9 Å². The Morgan fingerprint density at radius 2 is 0.679 bits per heavy atom. The molecular formula is C28H44. The van der Waals surface area contributed by atoms with Crippen LogP contribution in [0.5, 0.6) is 0 Å². The van der Waals surface area contributed by atoms with Crippen LogP contribution in [0.25, 0.3) is 0 Å². The van der Waals surface area contributed by atoms with E-state index in [9.17, 15) is 0 Å². The van der Waals surface area contributed by atoms with Gasteiger partial charge in [-0.05, 0) is 83.9 Å². The highest BCUT2D eigenvalue weighted by molar-refractivity contribution is 5.59. The van der Waals surface area contributed by atoms with Crippen LogP contribution in [0, 0.1) is 71.0 Å². The number of hydrogen-bond donors (Lipinski definition) is 0. The van der Waals surface area contributed by atoms with Crippen molar-refractivity contribution in [3.05, 3.63) is 59.2 Å². The van der Waals surface area contributed by atoms with Crippen molar-refractivity contribution in [3.8, 4) is 0 Å². The van der Waals surface area contributed by atoms with Crippen molar-refractivity contribution in [1.29, 1.82) is 0 Å². The fourth-order valence-corrected chi connectivity index (χ4v) is 5.11. The van der Waals surface area contributed by atoms with Crippen LogP contribution in [0.2, 0.25) is 0 Å². The van der Waals surface area contributed by atoms with E-state index in [0.29, 0.717) is 0 Å². The first-order chi connectivity index (χ1) is 13.1. The third kappa shape index (κ3) is 5.18. The second kappa shape index (κ2) is 10.3. The lowest BCUT2D eigenvalue weighted by Crippen LogP contribution is -2.12. The minimum Gasteiger partial charge on any atom is -0.0623 e. The lowest BCUT2D eigenvalue weighted by molar-refractivity contribution is 0.327. The molecule has 2 aliphatic rings. The molecule has 0 amide bonds. The molecule has 0 heterocycles. The summed E-state index contributed by atoms with van der Waals surface area (Å²) in [5, 5.41) is 0. The third-order valence-corrected chi connectivity index (χ3v) is 8.33. The molecule has 0 aromatic carbocycles. The van der Waals surface area contributed by atoms with Gasteiger partial charge < -0.3 is 0 Å². The molecule has 0 bridgehead atoms. The second-order valence-corrected chi connectivity index (χ2v) is 9.70. The summed E-state index contributed by atoms with van der Waals surface area (Å²) in [6.07, 6.45) is 7.89. The molecule has 0 aliphatic heterocycles. The summed E-state index contributed by atoms with van der Waals surface area (Å²) < 4.78 is 0. The van der Waals surface area contributed by atoms with E-state index in [1.54, 1.807) is 35.5 Å². The maximum atomic E-state index is 2.47. The Kier molecular flexibility index (Phi) is 8.97. The van der Waals surface area contributed by atoms with Crippen molar-refractivity contribution >= 4 is 0 Å². The molecule has 0 heteroatoms. The van der Waals surface area contributed by atoms with Crippen LogP contribution >= 0.6 is 0 Å². The van der Waals surface area contributed by atoms with Gasteiger partial charge in [0.05, 0.1) is 0 Å². The first kappa shape index (κ1) is 24.3. The number of rotatable bonds is 9. The van der Waals surface area contributed by atoms with Gasteiger partial charge in [-0.3, -0.25) is 0 Å². The predicted octanol–water partition coefficient (Wildman–Crippen LogP) is 8.53. The third-order valence-electron chi connectivity index (χ3n) is 8.33. The molecule has 2 aliphatic carbocycles. The molecule has 0 aromatic rings. The van der Waals surface area contributed by atoms with Crippen molar-refractivity contribution in [3.63, 3.8) is 0 Å². The fourth-order valence-electron chi connectivity index (χ4n) is 5.11. The topological polar surface area (TPSA) is 0 Å². The molecule has 2 rings (SSSR count). The predicted molar refractivity (Wildman–Crippen MR) is 124 cm³/mol. The molecule has 2 fully saturated rings. The summed E-state index contributed by atoms with van der Waals surface area (Å²) in [4.78, 5) is 0. The SMILES string of the molecule is C[C]1[C](C)[C](C)[C](CCCC(C)C(C)CCC[C]2[C](C)[C](C)[C](C)[C]2C)[C]1C. The van der Waals surface area contributed by atoms with Gasteiger partial charge in [-0.2, -0.15) is 0 Å². The van der Waals surface area contributed by atoms with Crippen LogP contribution in [0.3, 0.4) is 0 Å². The van der Waals surface area contributed by atoms with Gasteiger partial charge in [0.1, 0.15) is 0 Å². The quantitative estimate of drug-likeness (QED) is 0.376. The molecule has 2 atom stereocenters. The van der Waals surface area contributed by atoms with Gasteiger partial charge in [0.2, 0.25) is 0 Å². The normalized spacial score (nSPS) is 26.8. The van der Waals surface area contributed by atoms with Crippen molar-refractivity contribution in [2.75, 3.05) is 0 Å². The number of hydrogen-bond acceptors (Lipinski definition) is 0. The van der Waals surface area contributed by atoms with Gasteiger partial charge in [-0.25, -0.2) is 0 Å². The maximum Gasteiger partial charge on any atom is -0.00995 e. The van der Waals surface area contributed by atoms with Gasteiger partial charge >= 0.3 is 0 Å². The molecule has 156 valence electrons. The van der Waals surface area contributed by atoms with Crippen molar-refractivity contribution in [2.24, 2.45) is 11.8 Å². The van der Waals surface area contributed by atoms with Crippen LogP contribution in [0.4, 0.5) is 0 Å². The Morgan fingerprint density at radius 3 is 0.929 bits per heavy atom. The minimum atomic E-state index is 0.822. The Hall–Kier alpha value is 0. The molecule has 0 N–H and O–H groups in total. The largest absolute Gasteiger partial charge is 0.0623 e. The molecule has 2 saturated carbocycles. The first-order valence-electron chi connectivity index (χ1n) is 11.5. The van der Waals surface area contributed by atoms with Gasteiger partial charge in [0.25, 0.3) is 0 Å². The Bertz CT molecular complexity index is 383. The lowest BCUT2D eigenvalue weighted by Gasteiger charge is -2.24. The molecule has 0 nitrogen and oxygen atoms in total.